The lowest BCUT2D eigenvalue weighted by Crippen LogP contribution is -2.17. The van der Waals surface area contributed by atoms with Crippen LogP contribution in [-0.2, 0) is 22.9 Å². The Hall–Kier alpha value is -3.99. The highest BCUT2D eigenvalue weighted by Gasteiger charge is 2.17. The maximum absolute atomic E-state index is 12.8. The van der Waals surface area contributed by atoms with Crippen molar-refractivity contribution in [1.29, 1.82) is 0 Å². The van der Waals surface area contributed by atoms with Crippen molar-refractivity contribution in [1.82, 2.24) is 10.2 Å². The third-order valence-corrected chi connectivity index (χ3v) is 5.85. The zero-order valence-electron chi connectivity index (χ0n) is 19.0. The molecule has 3 rings (SSSR count). The van der Waals surface area contributed by atoms with E-state index in [2.05, 4.69) is 26.8 Å². The summed E-state index contributed by atoms with van der Waals surface area (Å²) in [5.74, 6) is 1.55. The van der Waals surface area contributed by atoms with Gasteiger partial charge in [0.1, 0.15) is 17.2 Å². The van der Waals surface area contributed by atoms with Gasteiger partial charge in [0.15, 0.2) is 5.82 Å². The molecule has 34 heavy (non-hydrogen) atoms. The summed E-state index contributed by atoms with van der Waals surface area (Å²) in [6.45, 7) is 3.26. The molecule has 0 bridgehead atoms. The molecule has 1 amide bonds. The Morgan fingerprint density at radius 2 is 1.68 bits per heavy atom. The standard InChI is InChI=1S/C23H26N4O6S/c1-5-34(29,30)27-21-14-17(31-2)8-9-20(21)23(28)24-22-12-16(25-26-22)7-6-15-10-18(32-3)13-19(11-15)33-4/h5,8-14,27H,1,6-7H2,2-4H3,(H2,24,25,26,28). The molecule has 0 spiro atoms. The lowest BCUT2D eigenvalue weighted by molar-refractivity contribution is 0.102. The number of nitrogens with zero attached hydrogens (tertiary/aromatic N) is 1. The van der Waals surface area contributed by atoms with Gasteiger partial charge in [-0.25, -0.2) is 8.42 Å². The molecule has 10 nitrogen and oxygen atoms in total. The van der Waals surface area contributed by atoms with Crippen molar-refractivity contribution in [2.24, 2.45) is 0 Å². The summed E-state index contributed by atoms with van der Waals surface area (Å²) in [4.78, 5) is 12.8. The number of methoxy groups -OCH3 is 3. The molecule has 3 N–H and O–H groups in total. The van der Waals surface area contributed by atoms with E-state index in [1.54, 1.807) is 32.4 Å². The number of amides is 1. The monoisotopic (exact) mass is 486 g/mol. The van der Waals surface area contributed by atoms with Crippen LogP contribution in [0.15, 0.2) is 54.5 Å². The van der Waals surface area contributed by atoms with Crippen molar-refractivity contribution in [2.45, 2.75) is 12.8 Å². The highest BCUT2D eigenvalue weighted by Crippen LogP contribution is 2.26. The summed E-state index contributed by atoms with van der Waals surface area (Å²) in [7, 11) is 0.803. The molecule has 0 saturated heterocycles. The van der Waals surface area contributed by atoms with E-state index >= 15 is 0 Å². The van der Waals surface area contributed by atoms with E-state index in [9.17, 15) is 13.2 Å². The van der Waals surface area contributed by atoms with Gasteiger partial charge in [-0.15, -0.1) is 0 Å². The van der Waals surface area contributed by atoms with Crippen LogP contribution in [-0.4, -0.2) is 45.9 Å². The molecule has 2 aromatic carbocycles. The maximum atomic E-state index is 12.8. The van der Waals surface area contributed by atoms with E-state index in [0.29, 0.717) is 35.9 Å². The molecule has 0 aliphatic carbocycles. The first kappa shape index (κ1) is 24.6. The van der Waals surface area contributed by atoms with Crippen molar-refractivity contribution in [3.05, 3.63) is 71.3 Å². The quantitative estimate of drug-likeness (QED) is 0.379. The van der Waals surface area contributed by atoms with Gasteiger partial charge in [-0.3, -0.25) is 14.6 Å². The van der Waals surface area contributed by atoms with Crippen LogP contribution in [0.2, 0.25) is 0 Å². The number of hydrogen-bond acceptors (Lipinski definition) is 7. The first-order valence-electron chi connectivity index (χ1n) is 10.2. The molecule has 11 heteroatoms. The van der Waals surface area contributed by atoms with Crippen LogP contribution in [0.3, 0.4) is 0 Å². The van der Waals surface area contributed by atoms with Gasteiger partial charge in [-0.05, 0) is 42.7 Å². The maximum Gasteiger partial charge on any atom is 0.258 e. The van der Waals surface area contributed by atoms with Crippen LogP contribution in [0, 0.1) is 0 Å². The fourth-order valence-electron chi connectivity index (χ4n) is 3.15. The number of aryl methyl sites for hydroxylation is 2. The SMILES string of the molecule is C=CS(=O)(=O)Nc1cc(OC)ccc1C(=O)Nc1cc(CCc2cc(OC)cc(OC)c2)[nH]n1. The Kier molecular flexibility index (Phi) is 7.79. The summed E-state index contributed by atoms with van der Waals surface area (Å²) in [6, 6.07) is 11.8. The number of benzene rings is 2. The number of hydrogen-bond donors (Lipinski definition) is 3. The van der Waals surface area contributed by atoms with Crippen molar-refractivity contribution in [2.75, 3.05) is 31.4 Å². The fraction of sp³-hybridized carbons (Fsp3) is 0.217. The van der Waals surface area contributed by atoms with E-state index in [0.717, 1.165) is 16.7 Å². The second-order valence-electron chi connectivity index (χ2n) is 7.18. The van der Waals surface area contributed by atoms with Crippen molar-refractivity contribution < 1.29 is 27.4 Å². The molecule has 0 unspecified atom stereocenters. The Labute approximate surface area is 198 Å². The molecule has 3 aromatic rings. The zero-order chi connectivity index (χ0) is 24.7. The molecule has 180 valence electrons. The molecular weight excluding hydrogens is 460 g/mol. The van der Waals surface area contributed by atoms with Crippen LogP contribution in [0.5, 0.6) is 17.2 Å². The number of H-pyrrole nitrogens is 1. The number of aromatic amines is 1. The summed E-state index contributed by atoms with van der Waals surface area (Å²) < 4.78 is 41.9. The van der Waals surface area contributed by atoms with E-state index in [1.807, 2.05) is 12.1 Å². The van der Waals surface area contributed by atoms with Gasteiger partial charge < -0.3 is 19.5 Å². The van der Waals surface area contributed by atoms with Gasteiger partial charge >= 0.3 is 0 Å². The largest absolute Gasteiger partial charge is 0.497 e. The smallest absolute Gasteiger partial charge is 0.258 e. The third-order valence-electron chi connectivity index (χ3n) is 4.91. The molecule has 0 fully saturated rings. The zero-order valence-corrected chi connectivity index (χ0v) is 19.9. The fourth-order valence-corrected chi connectivity index (χ4v) is 3.71. The summed E-state index contributed by atoms with van der Waals surface area (Å²) in [5.41, 5.74) is 1.98. The van der Waals surface area contributed by atoms with Crippen molar-refractivity contribution >= 4 is 27.4 Å². The number of nitrogens with one attached hydrogen (secondary N) is 3. The van der Waals surface area contributed by atoms with Crippen molar-refractivity contribution in [3.8, 4) is 17.2 Å². The molecule has 0 aliphatic heterocycles. The minimum atomic E-state index is -3.83. The van der Waals surface area contributed by atoms with Crippen LogP contribution >= 0.6 is 0 Å². The first-order valence-corrected chi connectivity index (χ1v) is 11.7. The molecule has 0 atom stereocenters. The Balaban J connectivity index is 1.72. The van der Waals surface area contributed by atoms with E-state index in [4.69, 9.17) is 14.2 Å². The van der Waals surface area contributed by atoms with Gasteiger partial charge in [0.05, 0.1) is 32.6 Å². The van der Waals surface area contributed by atoms with Gasteiger partial charge in [0.2, 0.25) is 0 Å². The second kappa shape index (κ2) is 10.8. The number of rotatable bonds is 11. The van der Waals surface area contributed by atoms with E-state index in [-0.39, 0.29) is 11.3 Å². The summed E-state index contributed by atoms with van der Waals surface area (Å²) in [5, 5.41) is 10.5. The molecule has 1 heterocycles. The average molecular weight is 487 g/mol. The Morgan fingerprint density at radius 1 is 1.00 bits per heavy atom. The number of aromatic nitrogens is 2. The summed E-state index contributed by atoms with van der Waals surface area (Å²) >= 11 is 0. The minimum absolute atomic E-state index is 0.0551. The van der Waals surface area contributed by atoms with Gasteiger partial charge in [-0.2, -0.15) is 5.10 Å². The lowest BCUT2D eigenvalue weighted by atomic mass is 10.1. The number of anilines is 2. The van der Waals surface area contributed by atoms with Gasteiger partial charge in [-0.1, -0.05) is 6.58 Å². The predicted molar refractivity (Wildman–Crippen MR) is 129 cm³/mol. The predicted octanol–water partition coefficient (Wildman–Crippen LogP) is 3.36. The number of sulfonamides is 1. The number of carbonyl (C=O) groups is 1. The second-order valence-corrected chi connectivity index (χ2v) is 8.81. The topological polar surface area (TPSA) is 132 Å². The van der Waals surface area contributed by atoms with E-state index in [1.165, 1.54) is 19.2 Å². The summed E-state index contributed by atoms with van der Waals surface area (Å²) in [6.07, 6.45) is 1.32. The van der Waals surface area contributed by atoms with Gasteiger partial charge in [0, 0.05) is 29.3 Å². The third kappa shape index (κ3) is 6.29. The highest BCUT2D eigenvalue weighted by atomic mass is 32.2. The van der Waals surface area contributed by atoms with Gasteiger partial charge in [0.25, 0.3) is 15.9 Å². The molecule has 1 aromatic heterocycles. The van der Waals surface area contributed by atoms with Crippen LogP contribution in [0.4, 0.5) is 11.5 Å². The molecule has 0 saturated carbocycles. The van der Waals surface area contributed by atoms with Crippen LogP contribution in [0.1, 0.15) is 21.6 Å². The average Bonchev–Trinajstić information content (AvgIpc) is 3.29. The van der Waals surface area contributed by atoms with Crippen LogP contribution in [0.25, 0.3) is 0 Å². The van der Waals surface area contributed by atoms with Crippen LogP contribution < -0.4 is 24.2 Å². The number of carbonyl (C=O) groups excluding carboxylic acids is 1. The minimum Gasteiger partial charge on any atom is -0.497 e. The van der Waals surface area contributed by atoms with E-state index < -0.39 is 15.9 Å². The first-order chi connectivity index (χ1) is 16.3. The number of ether oxygens (including phenoxy) is 3. The highest BCUT2D eigenvalue weighted by molar-refractivity contribution is 7.95. The Bertz CT molecular complexity index is 1260. The molecule has 0 radical (unpaired) electrons. The molecular formula is C23H26N4O6S. The molecule has 0 aliphatic rings. The Morgan fingerprint density at radius 3 is 2.29 bits per heavy atom. The van der Waals surface area contributed by atoms with Crippen molar-refractivity contribution in [3.63, 3.8) is 0 Å². The lowest BCUT2D eigenvalue weighted by Gasteiger charge is -2.12. The normalized spacial score (nSPS) is 10.9.